The number of ether oxygens (including phenoxy) is 1. The summed E-state index contributed by atoms with van der Waals surface area (Å²) in [4.78, 5) is 23.3. The van der Waals surface area contributed by atoms with E-state index in [0.29, 0.717) is 13.1 Å². The van der Waals surface area contributed by atoms with Crippen LogP contribution in [0.25, 0.3) is 0 Å². The van der Waals surface area contributed by atoms with Crippen molar-refractivity contribution in [1.29, 1.82) is 0 Å². The Hall–Kier alpha value is -1.30. The molecule has 3 N–H and O–H groups in total. The lowest BCUT2D eigenvalue weighted by atomic mass is 9.98. The fourth-order valence-electron chi connectivity index (χ4n) is 1.59. The molecule has 1 saturated heterocycles. The van der Waals surface area contributed by atoms with Crippen LogP contribution in [0.2, 0.25) is 0 Å². The summed E-state index contributed by atoms with van der Waals surface area (Å²) in [6, 6.07) is 0. The van der Waals surface area contributed by atoms with Crippen molar-refractivity contribution in [2.75, 3.05) is 26.3 Å². The molecule has 15 heavy (non-hydrogen) atoms. The molecule has 6 nitrogen and oxygen atoms in total. The summed E-state index contributed by atoms with van der Waals surface area (Å²) >= 11 is 0. The third-order valence-corrected chi connectivity index (χ3v) is 2.56. The first-order valence-corrected chi connectivity index (χ1v) is 4.94. The van der Waals surface area contributed by atoms with Crippen molar-refractivity contribution in [3.05, 3.63) is 0 Å². The lowest BCUT2D eigenvalue weighted by Crippen LogP contribution is -2.41. The summed E-state index contributed by atoms with van der Waals surface area (Å²) in [6.07, 6.45) is 0.644. The van der Waals surface area contributed by atoms with Crippen LogP contribution in [0.4, 0.5) is 4.79 Å². The van der Waals surface area contributed by atoms with Crippen molar-refractivity contribution in [1.82, 2.24) is 4.90 Å². The molecule has 2 amide bonds. The van der Waals surface area contributed by atoms with Gasteiger partial charge in [-0.15, -0.1) is 0 Å². The quantitative estimate of drug-likeness (QED) is 0.653. The summed E-state index contributed by atoms with van der Waals surface area (Å²) in [6.45, 7) is 1.08. The van der Waals surface area contributed by atoms with Crippen LogP contribution in [0.3, 0.4) is 0 Å². The van der Waals surface area contributed by atoms with Gasteiger partial charge in [-0.25, -0.2) is 4.79 Å². The zero-order valence-electron chi connectivity index (χ0n) is 8.52. The van der Waals surface area contributed by atoms with Crippen molar-refractivity contribution in [2.45, 2.75) is 12.8 Å². The van der Waals surface area contributed by atoms with Crippen molar-refractivity contribution >= 4 is 12.0 Å². The highest BCUT2D eigenvalue weighted by Crippen LogP contribution is 2.16. The molecule has 0 aromatic carbocycles. The SMILES string of the molecule is NC(=O)OCC(=O)N1CCC(CO)CC1. The first-order chi connectivity index (χ1) is 7.13. The third kappa shape index (κ3) is 3.75. The monoisotopic (exact) mass is 216 g/mol. The van der Waals surface area contributed by atoms with Crippen LogP contribution < -0.4 is 5.73 Å². The molecule has 1 heterocycles. The Labute approximate surface area is 88.0 Å². The minimum absolute atomic E-state index is 0.166. The number of aliphatic hydroxyl groups is 1. The molecule has 0 bridgehead atoms. The van der Waals surface area contributed by atoms with E-state index in [1.807, 2.05) is 0 Å². The van der Waals surface area contributed by atoms with Gasteiger partial charge >= 0.3 is 6.09 Å². The molecular weight excluding hydrogens is 200 g/mol. The van der Waals surface area contributed by atoms with E-state index in [9.17, 15) is 9.59 Å². The fourth-order valence-corrected chi connectivity index (χ4v) is 1.59. The zero-order valence-corrected chi connectivity index (χ0v) is 8.52. The van der Waals surface area contributed by atoms with E-state index in [1.165, 1.54) is 0 Å². The van der Waals surface area contributed by atoms with Crippen molar-refractivity contribution in [3.8, 4) is 0 Å². The van der Waals surface area contributed by atoms with Gasteiger partial charge in [0.2, 0.25) is 0 Å². The van der Waals surface area contributed by atoms with Gasteiger partial charge in [-0.1, -0.05) is 0 Å². The number of hydrogen-bond acceptors (Lipinski definition) is 4. The fraction of sp³-hybridized carbons (Fsp3) is 0.778. The summed E-state index contributed by atoms with van der Waals surface area (Å²) in [7, 11) is 0. The molecule has 0 unspecified atom stereocenters. The van der Waals surface area contributed by atoms with Crippen LogP contribution in [0.5, 0.6) is 0 Å². The highest BCUT2D eigenvalue weighted by atomic mass is 16.5. The van der Waals surface area contributed by atoms with Gasteiger partial charge in [0, 0.05) is 19.7 Å². The lowest BCUT2D eigenvalue weighted by Gasteiger charge is -2.30. The van der Waals surface area contributed by atoms with E-state index in [-0.39, 0.29) is 25.0 Å². The Kier molecular flexibility index (Phi) is 4.36. The second kappa shape index (κ2) is 5.55. The van der Waals surface area contributed by atoms with E-state index in [4.69, 9.17) is 10.8 Å². The van der Waals surface area contributed by atoms with Gasteiger partial charge in [0.15, 0.2) is 6.61 Å². The number of carbonyl (C=O) groups is 2. The van der Waals surface area contributed by atoms with Crippen LogP contribution in [0, 0.1) is 5.92 Å². The minimum Gasteiger partial charge on any atom is -0.440 e. The smallest absolute Gasteiger partial charge is 0.405 e. The van der Waals surface area contributed by atoms with Gasteiger partial charge < -0.3 is 20.5 Å². The molecule has 0 saturated carbocycles. The molecule has 0 spiro atoms. The molecular formula is C9H16N2O4. The standard InChI is InChI=1S/C9H16N2O4/c10-9(14)15-6-8(13)11-3-1-7(5-12)2-4-11/h7,12H,1-6H2,(H2,10,14). The summed E-state index contributed by atoms with van der Waals surface area (Å²) in [5.74, 6) is 0.0521. The van der Waals surface area contributed by atoms with Crippen LogP contribution in [-0.2, 0) is 9.53 Å². The number of nitrogens with zero attached hydrogens (tertiary/aromatic N) is 1. The summed E-state index contributed by atoms with van der Waals surface area (Å²) < 4.78 is 4.41. The number of carbonyl (C=O) groups excluding carboxylic acids is 2. The third-order valence-electron chi connectivity index (χ3n) is 2.56. The molecule has 1 fully saturated rings. The maximum absolute atomic E-state index is 11.4. The number of likely N-dealkylation sites (tertiary alicyclic amines) is 1. The number of aliphatic hydroxyl groups excluding tert-OH is 1. The molecule has 0 aromatic rings. The number of hydrogen-bond donors (Lipinski definition) is 2. The minimum atomic E-state index is -0.936. The van der Waals surface area contributed by atoms with Gasteiger partial charge in [0.1, 0.15) is 0 Å². The van der Waals surface area contributed by atoms with Crippen molar-refractivity contribution in [2.24, 2.45) is 11.7 Å². The van der Waals surface area contributed by atoms with Crippen LogP contribution in [0.15, 0.2) is 0 Å². The Morgan fingerprint density at radius 3 is 2.47 bits per heavy atom. The van der Waals surface area contributed by atoms with Gasteiger partial charge in [0.25, 0.3) is 5.91 Å². The normalized spacial score (nSPS) is 17.5. The average molecular weight is 216 g/mol. The Morgan fingerprint density at radius 1 is 1.40 bits per heavy atom. The highest BCUT2D eigenvalue weighted by Gasteiger charge is 2.22. The second-order valence-corrected chi connectivity index (χ2v) is 3.61. The molecule has 0 aliphatic carbocycles. The second-order valence-electron chi connectivity index (χ2n) is 3.61. The predicted molar refractivity (Wildman–Crippen MR) is 51.9 cm³/mol. The van der Waals surface area contributed by atoms with Gasteiger partial charge in [-0.05, 0) is 18.8 Å². The van der Waals surface area contributed by atoms with Crippen molar-refractivity contribution < 1.29 is 19.4 Å². The number of amides is 2. The number of primary amides is 1. The summed E-state index contributed by atoms with van der Waals surface area (Å²) in [5, 5.41) is 8.90. The molecule has 86 valence electrons. The van der Waals surface area contributed by atoms with Gasteiger partial charge in [0.05, 0.1) is 0 Å². The van der Waals surface area contributed by atoms with E-state index < -0.39 is 6.09 Å². The molecule has 1 aliphatic rings. The largest absolute Gasteiger partial charge is 0.440 e. The number of piperidine rings is 1. The van der Waals surface area contributed by atoms with Crippen LogP contribution >= 0.6 is 0 Å². The van der Waals surface area contributed by atoms with E-state index in [1.54, 1.807) is 4.90 Å². The maximum atomic E-state index is 11.4. The van der Waals surface area contributed by atoms with Crippen LogP contribution in [0.1, 0.15) is 12.8 Å². The first-order valence-electron chi connectivity index (χ1n) is 4.94. The van der Waals surface area contributed by atoms with Gasteiger partial charge in [-0.3, -0.25) is 4.79 Å². The molecule has 1 rings (SSSR count). The van der Waals surface area contributed by atoms with E-state index >= 15 is 0 Å². The first kappa shape index (κ1) is 11.8. The molecule has 0 radical (unpaired) electrons. The van der Waals surface area contributed by atoms with Crippen molar-refractivity contribution in [3.63, 3.8) is 0 Å². The lowest BCUT2D eigenvalue weighted by molar-refractivity contribution is -0.135. The Bertz CT molecular complexity index is 236. The van der Waals surface area contributed by atoms with E-state index in [2.05, 4.69) is 4.74 Å². The predicted octanol–water partition coefficient (Wildman–Crippen LogP) is -0.687. The maximum Gasteiger partial charge on any atom is 0.405 e. The molecule has 0 atom stereocenters. The topological polar surface area (TPSA) is 92.9 Å². The molecule has 6 heteroatoms. The van der Waals surface area contributed by atoms with Crippen LogP contribution in [-0.4, -0.2) is 48.3 Å². The molecule has 0 aromatic heterocycles. The zero-order chi connectivity index (χ0) is 11.3. The Balaban J connectivity index is 2.27. The summed E-state index contributed by atoms with van der Waals surface area (Å²) in [5.41, 5.74) is 4.75. The Morgan fingerprint density at radius 2 is 2.00 bits per heavy atom. The molecule has 1 aliphatic heterocycles. The van der Waals surface area contributed by atoms with E-state index in [0.717, 1.165) is 12.8 Å². The van der Waals surface area contributed by atoms with Gasteiger partial charge in [-0.2, -0.15) is 0 Å². The number of rotatable bonds is 3. The highest BCUT2D eigenvalue weighted by molar-refractivity contribution is 5.79. The average Bonchev–Trinajstić information content (AvgIpc) is 2.26. The number of nitrogens with two attached hydrogens (primary N) is 1.